The fraction of sp³-hybridized carbons (Fsp3) is 0.0385. The van der Waals surface area contributed by atoms with Gasteiger partial charge in [-0.05, 0) is 41.8 Å². The van der Waals surface area contributed by atoms with E-state index in [4.69, 9.17) is 6.57 Å². The Balaban J connectivity index is 1.78. The van der Waals surface area contributed by atoms with Crippen LogP contribution in [0.3, 0.4) is 0 Å². The first-order valence-corrected chi connectivity index (χ1v) is 9.65. The van der Waals surface area contributed by atoms with Gasteiger partial charge in [0.05, 0.1) is 12.1 Å². The van der Waals surface area contributed by atoms with Crippen LogP contribution >= 0.6 is 0 Å². The van der Waals surface area contributed by atoms with E-state index < -0.39 is 0 Å². The van der Waals surface area contributed by atoms with Gasteiger partial charge in [-0.2, -0.15) is 0 Å². The average Bonchev–Trinajstić information content (AvgIpc) is 3.26. The van der Waals surface area contributed by atoms with Crippen molar-refractivity contribution in [3.05, 3.63) is 96.3 Å². The van der Waals surface area contributed by atoms with Crippen LogP contribution in [0.5, 0.6) is 0 Å². The van der Waals surface area contributed by atoms with Crippen molar-refractivity contribution in [1.82, 2.24) is 9.13 Å². The van der Waals surface area contributed by atoms with E-state index in [-0.39, 0.29) is 0 Å². The van der Waals surface area contributed by atoms with E-state index >= 15 is 0 Å². The second kappa shape index (κ2) is 5.73. The third kappa shape index (κ3) is 2.06. The summed E-state index contributed by atoms with van der Waals surface area (Å²) in [6, 6.07) is 29.5. The van der Waals surface area contributed by atoms with Gasteiger partial charge in [-0.25, -0.2) is 4.85 Å². The number of para-hydroxylation sites is 2. The molecule has 0 aliphatic carbocycles. The molecule has 136 valence electrons. The van der Waals surface area contributed by atoms with E-state index in [1.54, 1.807) is 0 Å². The van der Waals surface area contributed by atoms with Crippen LogP contribution in [0.2, 0.25) is 0 Å². The quantitative estimate of drug-likeness (QED) is 0.277. The molecular formula is C26H17N3. The molecule has 0 radical (unpaired) electrons. The van der Waals surface area contributed by atoms with Gasteiger partial charge in [0.25, 0.3) is 0 Å². The second-order valence-corrected chi connectivity index (χ2v) is 7.41. The molecular weight excluding hydrogens is 354 g/mol. The minimum absolute atomic E-state index is 0.698. The molecule has 4 aromatic carbocycles. The predicted molar refractivity (Wildman–Crippen MR) is 121 cm³/mol. The number of rotatable bonds is 1. The molecule has 0 fully saturated rings. The molecule has 0 unspecified atom stereocenters. The molecule has 2 heterocycles. The fourth-order valence-electron chi connectivity index (χ4n) is 4.67. The van der Waals surface area contributed by atoms with Gasteiger partial charge in [0.15, 0.2) is 5.69 Å². The summed E-state index contributed by atoms with van der Waals surface area (Å²) in [6.45, 7) is 7.63. The molecule has 0 atom stereocenters. The van der Waals surface area contributed by atoms with E-state index in [1.807, 2.05) is 18.2 Å². The minimum atomic E-state index is 0.698. The largest absolute Gasteiger partial charge is 0.344 e. The molecule has 3 heteroatoms. The van der Waals surface area contributed by atoms with Crippen molar-refractivity contribution in [3.8, 4) is 5.69 Å². The van der Waals surface area contributed by atoms with Gasteiger partial charge in [-0.15, -0.1) is 0 Å². The molecule has 6 rings (SSSR count). The Labute approximate surface area is 167 Å². The Kier molecular flexibility index (Phi) is 3.16. The van der Waals surface area contributed by atoms with Gasteiger partial charge in [0.1, 0.15) is 0 Å². The van der Waals surface area contributed by atoms with Gasteiger partial charge in [0, 0.05) is 45.4 Å². The Bertz CT molecular complexity index is 1620. The van der Waals surface area contributed by atoms with Gasteiger partial charge in [-0.3, -0.25) is 0 Å². The molecule has 0 N–H and O–H groups in total. The molecule has 29 heavy (non-hydrogen) atoms. The number of hydrogen-bond acceptors (Lipinski definition) is 0. The van der Waals surface area contributed by atoms with E-state index in [2.05, 4.69) is 87.8 Å². The molecule has 6 aromatic rings. The summed E-state index contributed by atoms with van der Waals surface area (Å²) in [5.41, 5.74) is 6.46. The molecule has 0 saturated heterocycles. The summed E-state index contributed by atoms with van der Waals surface area (Å²) >= 11 is 0. The van der Waals surface area contributed by atoms with Crippen LogP contribution < -0.4 is 0 Å². The van der Waals surface area contributed by atoms with E-state index in [1.165, 1.54) is 21.8 Å². The van der Waals surface area contributed by atoms with Crippen molar-refractivity contribution in [2.75, 3.05) is 0 Å². The number of aryl methyl sites for hydroxylation is 1. The first kappa shape index (κ1) is 16.0. The zero-order valence-electron chi connectivity index (χ0n) is 15.9. The van der Waals surface area contributed by atoms with Crippen LogP contribution in [0, 0.1) is 6.57 Å². The van der Waals surface area contributed by atoms with E-state index in [9.17, 15) is 0 Å². The first-order valence-electron chi connectivity index (χ1n) is 9.65. The maximum absolute atomic E-state index is 7.63. The first-order chi connectivity index (χ1) is 14.3. The van der Waals surface area contributed by atoms with Crippen molar-refractivity contribution in [2.45, 2.75) is 0 Å². The van der Waals surface area contributed by atoms with Gasteiger partial charge >= 0.3 is 0 Å². The summed E-state index contributed by atoms with van der Waals surface area (Å²) in [7, 11) is 2.12. The lowest BCUT2D eigenvalue weighted by Crippen LogP contribution is -1.94. The van der Waals surface area contributed by atoms with Crippen LogP contribution in [0.1, 0.15) is 0 Å². The monoisotopic (exact) mass is 371 g/mol. The standard InChI is InChI=1S/C26H17N3/c1-27-21-10-7-13-25-26(21)19-9-4-6-12-24(19)29(25)17-14-15-23-20(16-17)18-8-3-5-11-22(18)28(23)2/h3-16H,2H3. The summed E-state index contributed by atoms with van der Waals surface area (Å²) in [5.74, 6) is 0. The highest BCUT2D eigenvalue weighted by Gasteiger charge is 2.16. The third-order valence-electron chi connectivity index (χ3n) is 5.95. The normalized spacial score (nSPS) is 11.6. The number of hydrogen-bond donors (Lipinski definition) is 0. The molecule has 3 nitrogen and oxygen atoms in total. The number of benzene rings is 4. The molecule has 0 amide bonds. The number of aromatic nitrogens is 2. The maximum Gasteiger partial charge on any atom is 0.197 e. The van der Waals surface area contributed by atoms with Crippen LogP contribution in [0.15, 0.2) is 84.9 Å². The number of fused-ring (bicyclic) bond motifs is 6. The lowest BCUT2D eigenvalue weighted by molar-refractivity contribution is 1.01. The summed E-state index contributed by atoms with van der Waals surface area (Å²) in [4.78, 5) is 3.78. The van der Waals surface area contributed by atoms with Crippen molar-refractivity contribution >= 4 is 49.3 Å². The Morgan fingerprint density at radius 1 is 0.655 bits per heavy atom. The molecule has 2 aromatic heterocycles. The molecule has 0 spiro atoms. The maximum atomic E-state index is 7.63. The van der Waals surface area contributed by atoms with Gasteiger partial charge in [-0.1, -0.05) is 48.5 Å². The molecule has 0 saturated carbocycles. The van der Waals surface area contributed by atoms with Crippen LogP contribution in [0.4, 0.5) is 5.69 Å². The highest BCUT2D eigenvalue weighted by molar-refractivity contribution is 6.15. The summed E-state index contributed by atoms with van der Waals surface area (Å²) in [5, 5.41) is 4.64. The average molecular weight is 371 g/mol. The SMILES string of the molecule is [C-]#[N+]c1cccc2c1c1ccccc1n2-c1ccc2c(c1)c1ccccc1n2C. The predicted octanol–water partition coefficient (Wildman–Crippen LogP) is 6.98. The highest BCUT2D eigenvalue weighted by atomic mass is 15.0. The summed E-state index contributed by atoms with van der Waals surface area (Å²) < 4.78 is 4.53. The number of nitrogens with zero attached hydrogens (tertiary/aromatic N) is 3. The smallest absolute Gasteiger partial charge is 0.197 e. The van der Waals surface area contributed by atoms with Crippen molar-refractivity contribution in [2.24, 2.45) is 7.05 Å². The Morgan fingerprint density at radius 2 is 1.34 bits per heavy atom. The van der Waals surface area contributed by atoms with Gasteiger partial charge in [0.2, 0.25) is 0 Å². The zero-order chi connectivity index (χ0) is 19.5. The highest BCUT2D eigenvalue weighted by Crippen LogP contribution is 2.38. The van der Waals surface area contributed by atoms with E-state index in [0.717, 1.165) is 27.5 Å². The van der Waals surface area contributed by atoms with Crippen molar-refractivity contribution in [1.29, 1.82) is 0 Å². The van der Waals surface area contributed by atoms with Crippen LogP contribution in [0.25, 0.3) is 54.1 Å². The Hall–Kier alpha value is -4.03. The second-order valence-electron chi connectivity index (χ2n) is 7.41. The van der Waals surface area contributed by atoms with Crippen LogP contribution in [-0.4, -0.2) is 9.13 Å². The summed E-state index contributed by atoms with van der Waals surface area (Å²) in [6.07, 6.45) is 0. The van der Waals surface area contributed by atoms with Gasteiger partial charge < -0.3 is 9.13 Å². The lowest BCUT2D eigenvalue weighted by Gasteiger charge is -2.09. The van der Waals surface area contributed by atoms with E-state index in [0.29, 0.717) is 5.69 Å². The minimum Gasteiger partial charge on any atom is -0.344 e. The molecule has 0 aliphatic rings. The Morgan fingerprint density at radius 3 is 2.17 bits per heavy atom. The third-order valence-corrected chi connectivity index (χ3v) is 5.95. The fourth-order valence-corrected chi connectivity index (χ4v) is 4.67. The lowest BCUT2D eigenvalue weighted by atomic mass is 10.1. The molecule has 0 bridgehead atoms. The zero-order valence-corrected chi connectivity index (χ0v) is 15.9. The molecule has 0 aliphatic heterocycles. The topological polar surface area (TPSA) is 14.2 Å². The van der Waals surface area contributed by atoms with Crippen LogP contribution in [-0.2, 0) is 7.05 Å². The van der Waals surface area contributed by atoms with Crippen molar-refractivity contribution < 1.29 is 0 Å². The van der Waals surface area contributed by atoms with Crippen molar-refractivity contribution in [3.63, 3.8) is 0 Å².